The largest absolute Gasteiger partial charge is 0.380 e. The zero-order valence-corrected chi connectivity index (χ0v) is 8.89. The van der Waals surface area contributed by atoms with Crippen molar-refractivity contribution in [2.24, 2.45) is 11.1 Å². The highest BCUT2D eigenvalue weighted by atomic mass is 16.5. The third-order valence-corrected chi connectivity index (χ3v) is 1.80. The molecule has 0 bridgehead atoms. The van der Waals surface area contributed by atoms with Crippen LogP contribution in [0.25, 0.3) is 0 Å². The van der Waals surface area contributed by atoms with E-state index in [1.54, 1.807) is 0 Å². The third-order valence-electron chi connectivity index (χ3n) is 1.80. The Morgan fingerprint density at radius 3 is 2.33 bits per heavy atom. The van der Waals surface area contributed by atoms with Crippen LogP contribution in [0.1, 0.15) is 40.5 Å². The molecule has 2 heteroatoms. The maximum atomic E-state index is 5.84. The van der Waals surface area contributed by atoms with E-state index in [1.807, 2.05) is 6.92 Å². The lowest BCUT2D eigenvalue weighted by atomic mass is 9.89. The van der Waals surface area contributed by atoms with E-state index in [4.69, 9.17) is 10.5 Å². The van der Waals surface area contributed by atoms with E-state index in [2.05, 4.69) is 20.8 Å². The third kappa shape index (κ3) is 8.02. The molecule has 0 saturated heterocycles. The smallest absolute Gasteiger partial charge is 0.0617 e. The van der Waals surface area contributed by atoms with Gasteiger partial charge in [0.2, 0.25) is 0 Å². The zero-order valence-electron chi connectivity index (χ0n) is 8.89. The van der Waals surface area contributed by atoms with Crippen molar-refractivity contribution in [3.63, 3.8) is 0 Å². The summed E-state index contributed by atoms with van der Waals surface area (Å²) in [6, 6.07) is 0.212. The molecule has 0 aliphatic carbocycles. The minimum atomic E-state index is 0.212. The summed E-state index contributed by atoms with van der Waals surface area (Å²) in [7, 11) is 0. The summed E-state index contributed by atoms with van der Waals surface area (Å²) in [6.45, 7) is 10.2. The monoisotopic (exact) mass is 173 g/mol. The molecule has 0 aliphatic heterocycles. The lowest BCUT2D eigenvalue weighted by molar-refractivity contribution is 0.127. The van der Waals surface area contributed by atoms with Gasteiger partial charge in [0.05, 0.1) is 6.61 Å². The van der Waals surface area contributed by atoms with E-state index in [9.17, 15) is 0 Å². The summed E-state index contributed by atoms with van der Waals surface area (Å²) in [6.07, 6.45) is 2.23. The van der Waals surface area contributed by atoms with Crippen molar-refractivity contribution >= 4 is 0 Å². The number of rotatable bonds is 5. The first-order valence-electron chi connectivity index (χ1n) is 4.79. The number of nitrogens with two attached hydrogens (primary N) is 1. The number of ether oxygens (including phenoxy) is 1. The van der Waals surface area contributed by atoms with E-state index in [1.165, 1.54) is 6.42 Å². The van der Waals surface area contributed by atoms with Crippen molar-refractivity contribution in [3.8, 4) is 0 Å². The molecule has 0 amide bonds. The predicted octanol–water partition coefficient (Wildman–Crippen LogP) is 2.18. The first kappa shape index (κ1) is 11.9. The second-order valence-electron chi connectivity index (χ2n) is 4.52. The Morgan fingerprint density at radius 1 is 1.33 bits per heavy atom. The van der Waals surface area contributed by atoms with Crippen LogP contribution >= 0.6 is 0 Å². The fourth-order valence-corrected chi connectivity index (χ4v) is 0.971. The fourth-order valence-electron chi connectivity index (χ4n) is 0.971. The van der Waals surface area contributed by atoms with Gasteiger partial charge in [-0.05, 0) is 25.2 Å². The second kappa shape index (κ2) is 5.55. The molecule has 0 radical (unpaired) electrons. The van der Waals surface area contributed by atoms with Gasteiger partial charge in [0, 0.05) is 12.6 Å². The van der Waals surface area contributed by atoms with Crippen LogP contribution in [0.4, 0.5) is 0 Å². The van der Waals surface area contributed by atoms with Gasteiger partial charge in [0.15, 0.2) is 0 Å². The van der Waals surface area contributed by atoms with Gasteiger partial charge >= 0.3 is 0 Å². The Labute approximate surface area is 76.5 Å². The van der Waals surface area contributed by atoms with Crippen LogP contribution in [0.5, 0.6) is 0 Å². The SMILES string of the molecule is CCOCC(N)CCC(C)(C)C. The maximum absolute atomic E-state index is 5.84. The molecule has 74 valence electrons. The molecule has 1 unspecified atom stereocenters. The quantitative estimate of drug-likeness (QED) is 0.691. The van der Waals surface area contributed by atoms with Crippen LogP contribution in [0.2, 0.25) is 0 Å². The summed E-state index contributed by atoms with van der Waals surface area (Å²) < 4.78 is 5.24. The molecule has 0 aromatic carbocycles. The standard InChI is InChI=1S/C10H23NO/c1-5-12-8-9(11)6-7-10(2,3)4/h9H,5-8,11H2,1-4H3. The molecule has 12 heavy (non-hydrogen) atoms. The number of hydrogen-bond donors (Lipinski definition) is 1. The van der Waals surface area contributed by atoms with E-state index in [0.717, 1.165) is 13.0 Å². The normalized spacial score (nSPS) is 14.8. The van der Waals surface area contributed by atoms with Crippen LogP contribution in [0.3, 0.4) is 0 Å². The van der Waals surface area contributed by atoms with Gasteiger partial charge in [0.25, 0.3) is 0 Å². The van der Waals surface area contributed by atoms with E-state index in [-0.39, 0.29) is 6.04 Å². The van der Waals surface area contributed by atoms with Crippen molar-refractivity contribution in [1.29, 1.82) is 0 Å². The van der Waals surface area contributed by atoms with E-state index < -0.39 is 0 Å². The molecule has 0 aromatic heterocycles. The molecule has 0 aromatic rings. The first-order chi connectivity index (χ1) is 5.45. The van der Waals surface area contributed by atoms with Gasteiger partial charge in [-0.1, -0.05) is 20.8 Å². The molecule has 0 aliphatic rings. The van der Waals surface area contributed by atoms with Gasteiger partial charge in [-0.15, -0.1) is 0 Å². The number of hydrogen-bond acceptors (Lipinski definition) is 2. The zero-order chi connectivity index (χ0) is 9.61. The van der Waals surface area contributed by atoms with Gasteiger partial charge in [0.1, 0.15) is 0 Å². The first-order valence-corrected chi connectivity index (χ1v) is 4.79. The van der Waals surface area contributed by atoms with Crippen molar-refractivity contribution in [2.75, 3.05) is 13.2 Å². The molecule has 0 saturated carbocycles. The minimum Gasteiger partial charge on any atom is -0.380 e. The Kier molecular flexibility index (Phi) is 5.51. The molecule has 0 rings (SSSR count). The minimum absolute atomic E-state index is 0.212. The summed E-state index contributed by atoms with van der Waals surface area (Å²) in [5.74, 6) is 0. The molecule has 2 nitrogen and oxygen atoms in total. The van der Waals surface area contributed by atoms with Crippen LogP contribution in [0.15, 0.2) is 0 Å². The van der Waals surface area contributed by atoms with Crippen LogP contribution in [0, 0.1) is 5.41 Å². The Balaban J connectivity index is 3.37. The average Bonchev–Trinajstić information content (AvgIpc) is 1.95. The van der Waals surface area contributed by atoms with Gasteiger partial charge in [-0.25, -0.2) is 0 Å². The van der Waals surface area contributed by atoms with Crippen molar-refractivity contribution in [3.05, 3.63) is 0 Å². The van der Waals surface area contributed by atoms with Gasteiger partial charge in [-0.3, -0.25) is 0 Å². The molecule has 1 atom stereocenters. The lowest BCUT2D eigenvalue weighted by Gasteiger charge is -2.20. The Bertz CT molecular complexity index is 107. The van der Waals surface area contributed by atoms with E-state index >= 15 is 0 Å². The fraction of sp³-hybridized carbons (Fsp3) is 1.00. The molecule has 0 fully saturated rings. The second-order valence-corrected chi connectivity index (χ2v) is 4.52. The summed E-state index contributed by atoms with van der Waals surface area (Å²) in [5.41, 5.74) is 6.23. The summed E-state index contributed by atoms with van der Waals surface area (Å²) in [4.78, 5) is 0. The van der Waals surface area contributed by atoms with Crippen LogP contribution in [-0.2, 0) is 4.74 Å². The molecular weight excluding hydrogens is 150 g/mol. The molecule has 0 heterocycles. The van der Waals surface area contributed by atoms with Gasteiger partial charge in [-0.2, -0.15) is 0 Å². The van der Waals surface area contributed by atoms with Crippen LogP contribution < -0.4 is 5.73 Å². The molecule has 0 spiro atoms. The van der Waals surface area contributed by atoms with Crippen molar-refractivity contribution < 1.29 is 4.74 Å². The van der Waals surface area contributed by atoms with Gasteiger partial charge < -0.3 is 10.5 Å². The average molecular weight is 173 g/mol. The Morgan fingerprint density at radius 2 is 1.92 bits per heavy atom. The van der Waals surface area contributed by atoms with Crippen molar-refractivity contribution in [1.82, 2.24) is 0 Å². The Hall–Kier alpha value is -0.0800. The lowest BCUT2D eigenvalue weighted by Crippen LogP contribution is -2.27. The topological polar surface area (TPSA) is 35.2 Å². The van der Waals surface area contributed by atoms with Crippen molar-refractivity contribution in [2.45, 2.75) is 46.6 Å². The molecular formula is C10H23NO. The van der Waals surface area contributed by atoms with E-state index in [0.29, 0.717) is 12.0 Å². The predicted molar refractivity (Wildman–Crippen MR) is 53.2 cm³/mol. The summed E-state index contributed by atoms with van der Waals surface area (Å²) >= 11 is 0. The van der Waals surface area contributed by atoms with Crippen LogP contribution in [-0.4, -0.2) is 19.3 Å². The highest BCUT2D eigenvalue weighted by molar-refractivity contribution is 4.67. The highest BCUT2D eigenvalue weighted by Gasteiger charge is 2.12. The maximum Gasteiger partial charge on any atom is 0.0617 e. The highest BCUT2D eigenvalue weighted by Crippen LogP contribution is 2.21. The molecule has 2 N–H and O–H groups in total. The summed E-state index contributed by atoms with van der Waals surface area (Å²) in [5, 5.41) is 0.